The molecule has 0 N–H and O–H groups in total. The molecule has 0 unspecified atom stereocenters. The number of nitrogens with zero attached hydrogens (tertiary/aromatic N) is 2. The van der Waals surface area contributed by atoms with Crippen molar-refractivity contribution in [2.45, 2.75) is 13.5 Å². The molecule has 0 saturated carbocycles. The number of likely N-dealkylation sites (tertiary alicyclic amines) is 1. The van der Waals surface area contributed by atoms with Crippen LogP contribution in [0.5, 0.6) is 0 Å². The average Bonchev–Trinajstić information content (AvgIpc) is 2.92. The largest absolute Gasteiger partial charge is 0.380 e. The fourth-order valence-electron chi connectivity index (χ4n) is 3.71. The summed E-state index contributed by atoms with van der Waals surface area (Å²) in [5, 5.41) is 0. The molecule has 3 rings (SSSR count). The molecule has 1 aromatic rings. The van der Waals surface area contributed by atoms with Crippen LogP contribution in [0, 0.1) is 18.3 Å². The highest BCUT2D eigenvalue weighted by molar-refractivity contribution is 7.11. The van der Waals surface area contributed by atoms with Gasteiger partial charge in [0.15, 0.2) is 0 Å². The summed E-state index contributed by atoms with van der Waals surface area (Å²) in [5.41, 5.74) is 0.371. The standard InChI is InChI=1S/C15H24N2OS/c1-12-4-5-14(19-12)7-17-6-13-8-18-11-15(13,10-17)9-16(2)3/h4-5,13H,6-11H2,1-3H3/t13-,15+/m0/s1. The Morgan fingerprint density at radius 1 is 1.47 bits per heavy atom. The average molecular weight is 280 g/mol. The summed E-state index contributed by atoms with van der Waals surface area (Å²) in [6, 6.07) is 4.51. The lowest BCUT2D eigenvalue weighted by Crippen LogP contribution is -2.40. The molecule has 3 heterocycles. The molecular formula is C15H24N2OS. The Labute approximate surface area is 120 Å². The van der Waals surface area contributed by atoms with E-state index in [-0.39, 0.29) is 0 Å². The maximum Gasteiger partial charge on any atom is 0.0551 e. The van der Waals surface area contributed by atoms with Gasteiger partial charge in [0.05, 0.1) is 13.2 Å². The minimum absolute atomic E-state index is 0.371. The van der Waals surface area contributed by atoms with E-state index in [9.17, 15) is 0 Å². The molecule has 2 aliphatic heterocycles. The van der Waals surface area contributed by atoms with Gasteiger partial charge in [-0.1, -0.05) is 0 Å². The molecule has 0 aliphatic carbocycles. The highest BCUT2D eigenvalue weighted by atomic mass is 32.1. The van der Waals surface area contributed by atoms with Crippen molar-refractivity contribution in [2.24, 2.45) is 11.3 Å². The summed E-state index contributed by atoms with van der Waals surface area (Å²) < 4.78 is 5.77. The van der Waals surface area contributed by atoms with Crippen molar-refractivity contribution in [3.63, 3.8) is 0 Å². The zero-order valence-electron chi connectivity index (χ0n) is 12.2. The van der Waals surface area contributed by atoms with Gasteiger partial charge < -0.3 is 9.64 Å². The van der Waals surface area contributed by atoms with Gasteiger partial charge in [-0.15, -0.1) is 11.3 Å². The lowest BCUT2D eigenvalue weighted by molar-refractivity contribution is 0.110. The van der Waals surface area contributed by atoms with Crippen molar-refractivity contribution in [3.8, 4) is 0 Å². The van der Waals surface area contributed by atoms with Gasteiger partial charge in [0.25, 0.3) is 0 Å². The normalized spacial score (nSPS) is 31.3. The summed E-state index contributed by atoms with van der Waals surface area (Å²) in [7, 11) is 4.35. The van der Waals surface area contributed by atoms with Crippen molar-refractivity contribution in [3.05, 3.63) is 21.9 Å². The van der Waals surface area contributed by atoms with Crippen LogP contribution in [0.1, 0.15) is 9.75 Å². The highest BCUT2D eigenvalue weighted by Gasteiger charge is 2.50. The second-order valence-corrected chi connectivity index (χ2v) is 7.87. The van der Waals surface area contributed by atoms with E-state index in [4.69, 9.17) is 4.74 Å². The van der Waals surface area contributed by atoms with Crippen molar-refractivity contribution in [2.75, 3.05) is 46.9 Å². The van der Waals surface area contributed by atoms with E-state index in [0.29, 0.717) is 5.41 Å². The number of rotatable bonds is 4. The van der Waals surface area contributed by atoms with Gasteiger partial charge in [-0.2, -0.15) is 0 Å². The van der Waals surface area contributed by atoms with Gasteiger partial charge in [0.1, 0.15) is 0 Å². The smallest absolute Gasteiger partial charge is 0.0551 e. The first kappa shape index (κ1) is 13.6. The quantitative estimate of drug-likeness (QED) is 0.840. The molecule has 2 fully saturated rings. The SMILES string of the molecule is Cc1ccc(CN2C[C@H]3COC[C@@]3(CN(C)C)C2)s1. The van der Waals surface area contributed by atoms with E-state index in [1.807, 2.05) is 11.3 Å². The van der Waals surface area contributed by atoms with Gasteiger partial charge in [0.2, 0.25) is 0 Å². The Balaban J connectivity index is 1.68. The van der Waals surface area contributed by atoms with Gasteiger partial charge in [-0.05, 0) is 33.2 Å². The van der Waals surface area contributed by atoms with Crippen LogP contribution < -0.4 is 0 Å². The third kappa shape index (κ3) is 2.72. The summed E-state index contributed by atoms with van der Waals surface area (Å²) >= 11 is 1.93. The van der Waals surface area contributed by atoms with Gasteiger partial charge in [-0.3, -0.25) is 4.90 Å². The molecule has 4 heteroatoms. The third-order valence-electron chi connectivity index (χ3n) is 4.40. The fourth-order valence-corrected chi connectivity index (χ4v) is 4.64. The van der Waals surface area contributed by atoms with Gasteiger partial charge in [-0.25, -0.2) is 0 Å². The van der Waals surface area contributed by atoms with Gasteiger partial charge >= 0.3 is 0 Å². The van der Waals surface area contributed by atoms with Crippen molar-refractivity contribution < 1.29 is 4.74 Å². The third-order valence-corrected chi connectivity index (χ3v) is 5.38. The maximum absolute atomic E-state index is 5.77. The molecule has 1 aromatic heterocycles. The molecule has 106 valence electrons. The monoisotopic (exact) mass is 280 g/mol. The second kappa shape index (κ2) is 5.17. The first-order valence-electron chi connectivity index (χ1n) is 7.08. The van der Waals surface area contributed by atoms with Crippen molar-refractivity contribution >= 4 is 11.3 Å². The molecule has 0 bridgehead atoms. The lowest BCUT2D eigenvalue weighted by Gasteiger charge is -2.30. The first-order chi connectivity index (χ1) is 9.07. The number of hydrogen-bond acceptors (Lipinski definition) is 4. The zero-order valence-corrected chi connectivity index (χ0v) is 13.0. The predicted octanol–water partition coefficient (Wildman–Crippen LogP) is 2.07. The molecule has 2 saturated heterocycles. The fraction of sp³-hybridized carbons (Fsp3) is 0.733. The molecule has 3 nitrogen and oxygen atoms in total. The minimum atomic E-state index is 0.371. The summed E-state index contributed by atoms with van der Waals surface area (Å²) in [5.74, 6) is 0.718. The van der Waals surface area contributed by atoms with Crippen molar-refractivity contribution in [1.82, 2.24) is 9.80 Å². The number of thiophene rings is 1. The molecule has 19 heavy (non-hydrogen) atoms. The molecule has 2 atom stereocenters. The number of hydrogen-bond donors (Lipinski definition) is 0. The highest BCUT2D eigenvalue weighted by Crippen LogP contribution is 2.42. The maximum atomic E-state index is 5.77. The van der Waals surface area contributed by atoms with Crippen LogP contribution in [0.25, 0.3) is 0 Å². The number of fused-ring (bicyclic) bond motifs is 1. The Bertz CT molecular complexity index is 445. The lowest BCUT2D eigenvalue weighted by atomic mass is 9.81. The molecular weight excluding hydrogens is 256 g/mol. The van der Waals surface area contributed by atoms with E-state index in [1.54, 1.807) is 0 Å². The topological polar surface area (TPSA) is 15.7 Å². The Hall–Kier alpha value is -0.420. The van der Waals surface area contributed by atoms with Crippen LogP contribution in [0.15, 0.2) is 12.1 Å². The van der Waals surface area contributed by atoms with Gasteiger partial charge in [0, 0.05) is 47.3 Å². The first-order valence-corrected chi connectivity index (χ1v) is 7.89. The van der Waals surface area contributed by atoms with E-state index < -0.39 is 0 Å². The van der Waals surface area contributed by atoms with E-state index in [1.165, 1.54) is 22.8 Å². The number of aryl methyl sites for hydroxylation is 1. The molecule has 2 aliphatic rings. The molecule has 0 aromatic carbocycles. The zero-order chi connectivity index (χ0) is 13.5. The summed E-state index contributed by atoms with van der Waals surface area (Å²) in [4.78, 5) is 7.86. The van der Waals surface area contributed by atoms with E-state index >= 15 is 0 Å². The van der Waals surface area contributed by atoms with Crippen LogP contribution in [-0.4, -0.2) is 56.7 Å². The Morgan fingerprint density at radius 3 is 3.00 bits per heavy atom. The Kier molecular flexibility index (Phi) is 3.69. The Morgan fingerprint density at radius 2 is 2.32 bits per heavy atom. The predicted molar refractivity (Wildman–Crippen MR) is 79.6 cm³/mol. The molecule has 0 radical (unpaired) electrons. The van der Waals surface area contributed by atoms with Crippen LogP contribution in [0.3, 0.4) is 0 Å². The van der Waals surface area contributed by atoms with Crippen LogP contribution in [0.2, 0.25) is 0 Å². The van der Waals surface area contributed by atoms with Crippen LogP contribution in [0.4, 0.5) is 0 Å². The van der Waals surface area contributed by atoms with E-state index in [0.717, 1.165) is 32.2 Å². The van der Waals surface area contributed by atoms with Crippen LogP contribution in [-0.2, 0) is 11.3 Å². The van der Waals surface area contributed by atoms with E-state index in [2.05, 4.69) is 43.0 Å². The second-order valence-electron chi connectivity index (χ2n) is 6.49. The molecule has 0 amide bonds. The summed E-state index contributed by atoms with van der Waals surface area (Å²) in [6.07, 6.45) is 0. The minimum Gasteiger partial charge on any atom is -0.380 e. The summed E-state index contributed by atoms with van der Waals surface area (Å²) in [6.45, 7) is 8.73. The van der Waals surface area contributed by atoms with Crippen molar-refractivity contribution in [1.29, 1.82) is 0 Å². The molecule has 0 spiro atoms. The van der Waals surface area contributed by atoms with Crippen LogP contribution >= 0.6 is 11.3 Å². The number of ether oxygens (including phenoxy) is 1.